The lowest BCUT2D eigenvalue weighted by Crippen LogP contribution is -2.12. The van der Waals surface area contributed by atoms with Gasteiger partial charge in [-0.3, -0.25) is 0 Å². The van der Waals surface area contributed by atoms with Crippen molar-refractivity contribution < 1.29 is 9.15 Å². The van der Waals surface area contributed by atoms with Crippen molar-refractivity contribution in [2.75, 3.05) is 6.61 Å². The van der Waals surface area contributed by atoms with Crippen molar-refractivity contribution in [2.45, 2.75) is 20.0 Å². The monoisotopic (exact) mass is 256 g/mol. The van der Waals surface area contributed by atoms with Crippen LogP contribution in [-0.4, -0.2) is 6.61 Å². The molecule has 1 aromatic carbocycles. The normalized spacial score (nSPS) is 10.1. The molecule has 1 heterocycles. The van der Waals surface area contributed by atoms with Gasteiger partial charge in [-0.05, 0) is 36.8 Å². The number of hydrogen-bond acceptors (Lipinski definition) is 4. The van der Waals surface area contributed by atoms with Crippen LogP contribution in [0.5, 0.6) is 5.75 Å². The smallest absolute Gasteiger partial charge is 0.174 e. The zero-order chi connectivity index (χ0) is 13.5. The van der Waals surface area contributed by atoms with Gasteiger partial charge in [-0.2, -0.15) is 5.26 Å². The van der Waals surface area contributed by atoms with Crippen LogP contribution in [0.4, 0.5) is 0 Å². The molecule has 0 aliphatic heterocycles. The van der Waals surface area contributed by atoms with Crippen molar-refractivity contribution in [1.82, 2.24) is 5.32 Å². The van der Waals surface area contributed by atoms with Gasteiger partial charge < -0.3 is 14.5 Å². The van der Waals surface area contributed by atoms with E-state index in [2.05, 4.69) is 5.32 Å². The predicted octanol–water partition coefficient (Wildman–Crippen LogP) is 2.78. The maximum Gasteiger partial charge on any atom is 0.174 e. The van der Waals surface area contributed by atoms with Crippen molar-refractivity contribution in [2.24, 2.45) is 0 Å². The minimum absolute atomic E-state index is 0.0788. The zero-order valence-electron chi connectivity index (χ0n) is 10.8. The highest BCUT2D eigenvalue weighted by Crippen LogP contribution is 2.12. The fourth-order valence-corrected chi connectivity index (χ4v) is 1.73. The lowest BCUT2D eigenvalue weighted by Gasteiger charge is -2.05. The summed E-state index contributed by atoms with van der Waals surface area (Å²) >= 11 is 0. The van der Waals surface area contributed by atoms with Crippen LogP contribution in [0, 0.1) is 18.3 Å². The molecule has 19 heavy (non-hydrogen) atoms. The lowest BCUT2D eigenvalue weighted by atomic mass is 10.2. The van der Waals surface area contributed by atoms with E-state index >= 15 is 0 Å². The lowest BCUT2D eigenvalue weighted by molar-refractivity contribution is 0.368. The van der Waals surface area contributed by atoms with Crippen molar-refractivity contribution in [3.63, 3.8) is 0 Å². The number of rotatable bonds is 6. The number of furan rings is 1. The van der Waals surface area contributed by atoms with Crippen LogP contribution in [-0.2, 0) is 13.1 Å². The highest BCUT2D eigenvalue weighted by molar-refractivity contribution is 5.27. The molecule has 2 rings (SSSR count). The third-order valence-electron chi connectivity index (χ3n) is 2.65. The minimum Gasteiger partial charge on any atom is -0.479 e. The predicted molar refractivity (Wildman–Crippen MR) is 71.5 cm³/mol. The van der Waals surface area contributed by atoms with Crippen molar-refractivity contribution >= 4 is 0 Å². The number of ether oxygens (including phenoxy) is 1. The quantitative estimate of drug-likeness (QED) is 0.863. The fourth-order valence-electron chi connectivity index (χ4n) is 1.73. The van der Waals surface area contributed by atoms with E-state index in [0.717, 1.165) is 23.6 Å². The molecule has 1 aromatic heterocycles. The first-order chi connectivity index (χ1) is 9.28. The molecule has 0 unspecified atom stereocenters. The van der Waals surface area contributed by atoms with Gasteiger partial charge in [0.15, 0.2) is 6.61 Å². The molecule has 0 saturated carbocycles. The molecular formula is C15H16N2O2. The van der Waals surface area contributed by atoms with E-state index in [-0.39, 0.29) is 6.61 Å². The molecule has 0 spiro atoms. The SMILES string of the molecule is Cc1ccc(CNCc2ccc(OCC#N)cc2)o1. The van der Waals surface area contributed by atoms with Crippen LogP contribution in [0.2, 0.25) is 0 Å². The summed E-state index contributed by atoms with van der Waals surface area (Å²) in [5.41, 5.74) is 1.16. The zero-order valence-corrected chi connectivity index (χ0v) is 10.8. The summed E-state index contributed by atoms with van der Waals surface area (Å²) in [7, 11) is 0. The number of nitriles is 1. The summed E-state index contributed by atoms with van der Waals surface area (Å²) in [4.78, 5) is 0. The molecular weight excluding hydrogens is 240 g/mol. The number of nitrogens with one attached hydrogen (secondary N) is 1. The van der Waals surface area contributed by atoms with Crippen LogP contribution in [0.25, 0.3) is 0 Å². The molecule has 0 aliphatic carbocycles. The third-order valence-corrected chi connectivity index (χ3v) is 2.65. The number of hydrogen-bond donors (Lipinski definition) is 1. The largest absolute Gasteiger partial charge is 0.479 e. The van der Waals surface area contributed by atoms with E-state index in [1.165, 1.54) is 0 Å². The molecule has 2 aromatic rings. The third kappa shape index (κ3) is 4.16. The Hall–Kier alpha value is -2.25. The maximum atomic E-state index is 8.41. The van der Waals surface area contributed by atoms with E-state index in [1.54, 1.807) is 0 Å². The standard InChI is InChI=1S/C15H16N2O2/c1-12-2-5-15(19-12)11-17-10-13-3-6-14(7-4-13)18-9-8-16/h2-7,17H,9-11H2,1H3. The topological polar surface area (TPSA) is 58.2 Å². The van der Waals surface area contributed by atoms with Crippen LogP contribution < -0.4 is 10.1 Å². The number of benzene rings is 1. The van der Waals surface area contributed by atoms with Crippen LogP contribution in [0.1, 0.15) is 17.1 Å². The molecule has 0 radical (unpaired) electrons. The summed E-state index contributed by atoms with van der Waals surface area (Å²) in [6.45, 7) is 3.48. The molecule has 0 aliphatic rings. The summed E-state index contributed by atoms with van der Waals surface area (Å²) in [5, 5.41) is 11.7. The Morgan fingerprint density at radius 2 is 1.95 bits per heavy atom. The second-order valence-corrected chi connectivity index (χ2v) is 4.21. The van der Waals surface area contributed by atoms with Crippen molar-refractivity contribution in [3.8, 4) is 11.8 Å². The first kappa shape index (κ1) is 13.2. The molecule has 0 bridgehead atoms. The fraction of sp³-hybridized carbons (Fsp3) is 0.267. The number of nitrogens with zero attached hydrogens (tertiary/aromatic N) is 1. The Morgan fingerprint density at radius 1 is 1.16 bits per heavy atom. The van der Waals surface area contributed by atoms with E-state index in [9.17, 15) is 0 Å². The maximum absolute atomic E-state index is 8.41. The van der Waals surface area contributed by atoms with Gasteiger partial charge in [0.05, 0.1) is 6.54 Å². The second kappa shape index (κ2) is 6.62. The van der Waals surface area contributed by atoms with E-state index < -0.39 is 0 Å². The van der Waals surface area contributed by atoms with Crippen LogP contribution in [0.3, 0.4) is 0 Å². The molecule has 98 valence electrons. The van der Waals surface area contributed by atoms with Gasteiger partial charge in [0.25, 0.3) is 0 Å². The molecule has 0 amide bonds. The summed E-state index contributed by atoms with van der Waals surface area (Å²) in [6.07, 6.45) is 0. The molecule has 0 saturated heterocycles. The summed E-state index contributed by atoms with van der Waals surface area (Å²) < 4.78 is 10.7. The average Bonchev–Trinajstić information content (AvgIpc) is 2.84. The first-order valence-corrected chi connectivity index (χ1v) is 6.12. The second-order valence-electron chi connectivity index (χ2n) is 4.21. The van der Waals surface area contributed by atoms with Gasteiger partial charge in [0.2, 0.25) is 0 Å². The van der Waals surface area contributed by atoms with Crippen LogP contribution in [0.15, 0.2) is 40.8 Å². The van der Waals surface area contributed by atoms with E-state index in [1.807, 2.05) is 49.4 Å². The number of aryl methyl sites for hydroxylation is 1. The molecule has 0 fully saturated rings. The average molecular weight is 256 g/mol. The highest BCUT2D eigenvalue weighted by Gasteiger charge is 1.99. The van der Waals surface area contributed by atoms with Gasteiger partial charge >= 0.3 is 0 Å². The highest BCUT2D eigenvalue weighted by atomic mass is 16.5. The Morgan fingerprint density at radius 3 is 2.58 bits per heavy atom. The van der Waals surface area contributed by atoms with Gasteiger partial charge in [0.1, 0.15) is 23.3 Å². The minimum atomic E-state index is 0.0788. The van der Waals surface area contributed by atoms with Gasteiger partial charge in [-0.1, -0.05) is 12.1 Å². The summed E-state index contributed by atoms with van der Waals surface area (Å²) in [6, 6.07) is 13.6. The molecule has 4 heteroatoms. The van der Waals surface area contributed by atoms with Crippen molar-refractivity contribution in [1.29, 1.82) is 5.26 Å². The Balaban J connectivity index is 1.78. The first-order valence-electron chi connectivity index (χ1n) is 6.12. The molecule has 1 N–H and O–H groups in total. The molecule has 0 atom stereocenters. The van der Waals surface area contributed by atoms with E-state index in [4.69, 9.17) is 14.4 Å². The Bertz CT molecular complexity index is 552. The summed E-state index contributed by atoms with van der Waals surface area (Å²) in [5.74, 6) is 2.58. The van der Waals surface area contributed by atoms with Gasteiger partial charge in [-0.25, -0.2) is 0 Å². The van der Waals surface area contributed by atoms with E-state index in [0.29, 0.717) is 12.3 Å². The Labute approximate surface area is 112 Å². The van der Waals surface area contributed by atoms with Crippen molar-refractivity contribution in [3.05, 3.63) is 53.5 Å². The Kier molecular flexibility index (Phi) is 4.60. The van der Waals surface area contributed by atoms with Crippen LogP contribution >= 0.6 is 0 Å². The van der Waals surface area contributed by atoms with Gasteiger partial charge in [-0.15, -0.1) is 0 Å². The molecule has 4 nitrogen and oxygen atoms in total. The van der Waals surface area contributed by atoms with Gasteiger partial charge in [0, 0.05) is 6.54 Å².